The van der Waals surface area contributed by atoms with Crippen LogP contribution < -0.4 is 10.1 Å². The fraction of sp³-hybridized carbons (Fsp3) is 0.318. The van der Waals surface area contributed by atoms with Gasteiger partial charge in [-0.05, 0) is 29.7 Å². The van der Waals surface area contributed by atoms with E-state index in [1.807, 2.05) is 30.3 Å². The first-order valence-electron chi connectivity index (χ1n) is 9.35. The molecule has 1 unspecified atom stereocenters. The average molecular weight is 415 g/mol. The zero-order valence-corrected chi connectivity index (χ0v) is 16.9. The number of ether oxygens (including phenoxy) is 3. The average Bonchev–Trinajstić information content (AvgIpc) is 2.76. The molecule has 0 aliphatic carbocycles. The number of hydrogen-bond donors (Lipinski definition) is 2. The Balaban J connectivity index is 1.80. The van der Waals surface area contributed by atoms with E-state index in [0.29, 0.717) is 12.2 Å². The maximum Gasteiger partial charge on any atom is 0.328 e. The molecule has 0 heterocycles. The highest BCUT2D eigenvalue weighted by molar-refractivity contribution is 5.86. The van der Waals surface area contributed by atoms with E-state index in [9.17, 15) is 19.5 Å². The molecule has 2 aromatic rings. The van der Waals surface area contributed by atoms with Crippen molar-refractivity contribution in [1.29, 1.82) is 0 Å². The summed E-state index contributed by atoms with van der Waals surface area (Å²) in [6, 6.07) is 13.1. The van der Waals surface area contributed by atoms with Gasteiger partial charge in [0.05, 0.1) is 14.2 Å². The third kappa shape index (κ3) is 7.12. The van der Waals surface area contributed by atoms with Crippen LogP contribution >= 0.6 is 0 Å². The van der Waals surface area contributed by atoms with E-state index in [2.05, 4.69) is 5.32 Å². The van der Waals surface area contributed by atoms with Crippen LogP contribution in [0.3, 0.4) is 0 Å². The summed E-state index contributed by atoms with van der Waals surface area (Å²) in [5.74, 6) is -1.43. The van der Waals surface area contributed by atoms with Gasteiger partial charge in [-0.15, -0.1) is 0 Å². The Morgan fingerprint density at radius 2 is 1.77 bits per heavy atom. The van der Waals surface area contributed by atoms with Crippen molar-refractivity contribution in [2.45, 2.75) is 25.3 Å². The fourth-order valence-corrected chi connectivity index (χ4v) is 2.78. The van der Waals surface area contributed by atoms with Gasteiger partial charge in [-0.3, -0.25) is 9.59 Å². The fourth-order valence-electron chi connectivity index (χ4n) is 2.78. The molecular formula is C22H25NO7. The summed E-state index contributed by atoms with van der Waals surface area (Å²) in [6.45, 7) is -0.505. The Bertz CT molecular complexity index is 867. The van der Waals surface area contributed by atoms with Crippen molar-refractivity contribution in [2.24, 2.45) is 0 Å². The molecule has 2 rings (SSSR count). The quantitative estimate of drug-likeness (QED) is 0.569. The zero-order valence-electron chi connectivity index (χ0n) is 16.9. The van der Waals surface area contributed by atoms with Crippen molar-refractivity contribution in [3.63, 3.8) is 0 Å². The molecule has 0 bridgehead atoms. The number of amides is 1. The second-order valence-electron chi connectivity index (χ2n) is 6.50. The lowest BCUT2D eigenvalue weighted by atomic mass is 10.1. The first-order valence-corrected chi connectivity index (χ1v) is 9.35. The molecule has 0 radical (unpaired) electrons. The van der Waals surface area contributed by atoms with Crippen LogP contribution in [0.1, 0.15) is 17.5 Å². The van der Waals surface area contributed by atoms with Gasteiger partial charge in [0.1, 0.15) is 6.04 Å². The van der Waals surface area contributed by atoms with Crippen LogP contribution in [0.5, 0.6) is 11.5 Å². The lowest BCUT2D eigenvalue weighted by molar-refractivity contribution is -0.150. The van der Waals surface area contributed by atoms with Gasteiger partial charge in [0, 0.05) is 12.8 Å². The van der Waals surface area contributed by atoms with E-state index in [0.717, 1.165) is 11.1 Å². The molecule has 30 heavy (non-hydrogen) atoms. The van der Waals surface area contributed by atoms with Crippen LogP contribution in [-0.2, 0) is 36.7 Å². The zero-order chi connectivity index (χ0) is 21.9. The van der Waals surface area contributed by atoms with E-state index in [4.69, 9.17) is 14.2 Å². The molecule has 160 valence electrons. The van der Waals surface area contributed by atoms with Crippen LogP contribution in [0.4, 0.5) is 0 Å². The SMILES string of the molecule is COC(=O)C(Cc1ccccc1)NC(=O)COC(=O)CCc1ccc(OC)c(O)c1. The summed E-state index contributed by atoms with van der Waals surface area (Å²) in [5, 5.41) is 12.3. The van der Waals surface area contributed by atoms with E-state index in [-0.39, 0.29) is 18.6 Å². The summed E-state index contributed by atoms with van der Waals surface area (Å²) < 4.78 is 14.7. The third-order valence-corrected chi connectivity index (χ3v) is 4.33. The van der Waals surface area contributed by atoms with Gasteiger partial charge in [0.25, 0.3) is 5.91 Å². The van der Waals surface area contributed by atoms with E-state index in [1.54, 1.807) is 12.1 Å². The second-order valence-corrected chi connectivity index (χ2v) is 6.50. The third-order valence-electron chi connectivity index (χ3n) is 4.33. The minimum atomic E-state index is -0.883. The Morgan fingerprint density at radius 1 is 1.03 bits per heavy atom. The summed E-state index contributed by atoms with van der Waals surface area (Å²) in [4.78, 5) is 36.0. The number of nitrogens with one attached hydrogen (secondary N) is 1. The molecule has 2 N–H and O–H groups in total. The van der Waals surface area contributed by atoms with Gasteiger partial charge in [-0.25, -0.2) is 4.79 Å². The van der Waals surface area contributed by atoms with Crippen molar-refractivity contribution >= 4 is 17.8 Å². The highest BCUT2D eigenvalue weighted by Crippen LogP contribution is 2.26. The Labute approximate surface area is 174 Å². The topological polar surface area (TPSA) is 111 Å². The minimum Gasteiger partial charge on any atom is -0.504 e. The number of aryl methyl sites for hydroxylation is 1. The molecule has 0 aromatic heterocycles. The van der Waals surface area contributed by atoms with Crippen LogP contribution in [-0.4, -0.2) is 49.8 Å². The summed E-state index contributed by atoms with van der Waals surface area (Å²) >= 11 is 0. The predicted molar refractivity (Wildman–Crippen MR) is 108 cm³/mol. The first-order chi connectivity index (χ1) is 14.4. The summed E-state index contributed by atoms with van der Waals surface area (Å²) in [5.41, 5.74) is 1.58. The highest BCUT2D eigenvalue weighted by Gasteiger charge is 2.22. The lowest BCUT2D eigenvalue weighted by Gasteiger charge is -2.16. The van der Waals surface area contributed by atoms with Crippen LogP contribution in [0.25, 0.3) is 0 Å². The molecule has 8 heteroatoms. The van der Waals surface area contributed by atoms with Crippen molar-refractivity contribution in [3.8, 4) is 11.5 Å². The minimum absolute atomic E-state index is 0.0185. The molecule has 0 saturated heterocycles. The largest absolute Gasteiger partial charge is 0.504 e. The molecule has 2 aromatic carbocycles. The Morgan fingerprint density at radius 3 is 2.40 bits per heavy atom. The molecular weight excluding hydrogens is 390 g/mol. The number of carbonyl (C=O) groups excluding carboxylic acids is 3. The summed E-state index contributed by atoms with van der Waals surface area (Å²) in [6.07, 6.45) is 0.620. The van der Waals surface area contributed by atoms with Crippen molar-refractivity contribution in [3.05, 3.63) is 59.7 Å². The standard InChI is InChI=1S/C22H25NO7/c1-28-19-10-8-16(13-18(19)24)9-11-21(26)30-14-20(25)23-17(22(27)29-2)12-15-6-4-3-5-7-15/h3-8,10,13,17,24H,9,11-12,14H2,1-2H3,(H,23,25). The maximum absolute atomic E-state index is 12.1. The van der Waals surface area contributed by atoms with Crippen LogP contribution in [0.15, 0.2) is 48.5 Å². The predicted octanol–water partition coefficient (Wildman–Crippen LogP) is 1.78. The normalized spacial score (nSPS) is 11.3. The number of benzene rings is 2. The maximum atomic E-state index is 12.1. The number of aromatic hydroxyl groups is 1. The molecule has 0 spiro atoms. The van der Waals surface area contributed by atoms with Gasteiger partial charge < -0.3 is 24.6 Å². The smallest absolute Gasteiger partial charge is 0.328 e. The molecule has 0 aliphatic rings. The van der Waals surface area contributed by atoms with Gasteiger partial charge in [-0.2, -0.15) is 0 Å². The second kappa shape index (κ2) is 11.5. The lowest BCUT2D eigenvalue weighted by Crippen LogP contribution is -2.44. The highest BCUT2D eigenvalue weighted by atomic mass is 16.5. The number of esters is 2. The van der Waals surface area contributed by atoms with Gasteiger partial charge >= 0.3 is 11.9 Å². The number of methoxy groups -OCH3 is 2. The molecule has 1 amide bonds. The van der Waals surface area contributed by atoms with Gasteiger partial charge in [0.15, 0.2) is 18.1 Å². The monoisotopic (exact) mass is 415 g/mol. The molecule has 8 nitrogen and oxygen atoms in total. The number of hydrogen-bond acceptors (Lipinski definition) is 7. The van der Waals surface area contributed by atoms with Crippen molar-refractivity contribution < 1.29 is 33.7 Å². The van der Waals surface area contributed by atoms with Crippen molar-refractivity contribution in [1.82, 2.24) is 5.32 Å². The Kier molecular flexibility index (Phi) is 8.68. The van der Waals surface area contributed by atoms with Crippen LogP contribution in [0.2, 0.25) is 0 Å². The summed E-state index contributed by atoms with van der Waals surface area (Å²) in [7, 11) is 2.69. The van der Waals surface area contributed by atoms with Gasteiger partial charge in [0.2, 0.25) is 0 Å². The number of rotatable bonds is 10. The van der Waals surface area contributed by atoms with E-state index < -0.39 is 30.5 Å². The molecule has 0 fully saturated rings. The van der Waals surface area contributed by atoms with E-state index >= 15 is 0 Å². The van der Waals surface area contributed by atoms with Gasteiger partial charge in [-0.1, -0.05) is 36.4 Å². The number of phenols is 1. The molecule has 1 atom stereocenters. The van der Waals surface area contributed by atoms with Crippen LogP contribution in [0, 0.1) is 0 Å². The molecule has 0 saturated carbocycles. The molecule has 0 aliphatic heterocycles. The van der Waals surface area contributed by atoms with E-state index in [1.165, 1.54) is 20.3 Å². The number of carbonyl (C=O) groups is 3. The van der Waals surface area contributed by atoms with Crippen molar-refractivity contribution in [2.75, 3.05) is 20.8 Å². The first kappa shape index (κ1) is 22.7. The Hall–Kier alpha value is -3.55. The number of phenolic OH excluding ortho intramolecular Hbond substituents is 1.